The van der Waals surface area contributed by atoms with E-state index in [1.54, 1.807) is 6.20 Å². The van der Waals surface area contributed by atoms with Crippen LogP contribution < -0.4 is 10.2 Å². The molecule has 1 aliphatic heterocycles. The Morgan fingerprint density at radius 2 is 1.84 bits per heavy atom. The Bertz CT molecular complexity index is 844. The summed E-state index contributed by atoms with van der Waals surface area (Å²) in [5, 5.41) is 3.36. The number of carbonyl (C=O) groups excluding carboxylic acids is 1. The fourth-order valence-electron chi connectivity index (χ4n) is 5.13. The summed E-state index contributed by atoms with van der Waals surface area (Å²) in [4.78, 5) is 29.0. The standard InChI is InChI=1S/C25H38N6O/c1-20-17-24(29-23(27-20)12-15-30-16-13-26-19-30)31-14-8-7-11-22(31)18-25(32)28-21-9-5-3-2-4-6-10-21/h13,16-17,19,21-22H,2-12,14-15,18H2,1H3,(H,28,32). The normalized spacial score (nSPS) is 20.5. The quantitative estimate of drug-likeness (QED) is 0.701. The van der Waals surface area contributed by atoms with Crippen LogP contribution >= 0.6 is 0 Å². The lowest BCUT2D eigenvalue weighted by atomic mass is 9.95. The Kier molecular flexibility index (Phi) is 8.13. The number of imidazole rings is 1. The molecule has 1 unspecified atom stereocenters. The zero-order valence-electron chi connectivity index (χ0n) is 19.5. The molecule has 1 aliphatic carbocycles. The molecule has 0 spiro atoms. The summed E-state index contributed by atoms with van der Waals surface area (Å²) in [5.74, 6) is 2.04. The molecule has 0 bridgehead atoms. The maximum atomic E-state index is 12.9. The number of piperidine rings is 1. The SMILES string of the molecule is Cc1cc(N2CCCCC2CC(=O)NC2CCCCCCC2)nc(CCn2ccnc2)n1. The van der Waals surface area contributed by atoms with Crippen molar-refractivity contribution >= 4 is 11.7 Å². The molecule has 1 saturated heterocycles. The largest absolute Gasteiger partial charge is 0.353 e. The number of carbonyl (C=O) groups is 1. The average molecular weight is 439 g/mol. The van der Waals surface area contributed by atoms with Gasteiger partial charge < -0.3 is 14.8 Å². The highest BCUT2D eigenvalue weighted by Crippen LogP contribution is 2.26. The van der Waals surface area contributed by atoms with Gasteiger partial charge in [0, 0.05) is 62.2 Å². The molecule has 32 heavy (non-hydrogen) atoms. The van der Waals surface area contributed by atoms with Gasteiger partial charge in [0.25, 0.3) is 0 Å². The molecule has 7 nitrogen and oxygen atoms in total. The molecule has 2 aliphatic rings. The highest BCUT2D eigenvalue weighted by Gasteiger charge is 2.27. The molecule has 2 fully saturated rings. The maximum absolute atomic E-state index is 12.9. The van der Waals surface area contributed by atoms with Crippen LogP contribution in [0.4, 0.5) is 5.82 Å². The number of anilines is 1. The van der Waals surface area contributed by atoms with Gasteiger partial charge in [0.05, 0.1) is 6.33 Å². The lowest BCUT2D eigenvalue weighted by Gasteiger charge is -2.37. The highest BCUT2D eigenvalue weighted by molar-refractivity contribution is 5.77. The van der Waals surface area contributed by atoms with Crippen molar-refractivity contribution in [3.63, 3.8) is 0 Å². The van der Waals surface area contributed by atoms with E-state index in [0.717, 1.165) is 62.5 Å². The number of hydrogen-bond donors (Lipinski definition) is 1. The van der Waals surface area contributed by atoms with E-state index < -0.39 is 0 Å². The number of rotatable bonds is 7. The fraction of sp³-hybridized carbons (Fsp3) is 0.680. The van der Waals surface area contributed by atoms with Crippen molar-refractivity contribution in [3.8, 4) is 0 Å². The van der Waals surface area contributed by atoms with Gasteiger partial charge in [0.15, 0.2) is 0 Å². The van der Waals surface area contributed by atoms with Crippen LogP contribution in [0.5, 0.6) is 0 Å². The molecule has 0 radical (unpaired) electrons. The predicted molar refractivity (Wildman–Crippen MR) is 127 cm³/mol. The van der Waals surface area contributed by atoms with E-state index in [0.29, 0.717) is 12.5 Å². The van der Waals surface area contributed by atoms with E-state index in [1.807, 2.05) is 19.4 Å². The van der Waals surface area contributed by atoms with Crippen molar-refractivity contribution in [2.24, 2.45) is 0 Å². The minimum absolute atomic E-state index is 0.207. The molecule has 2 aromatic rings. The summed E-state index contributed by atoms with van der Waals surface area (Å²) in [5.41, 5.74) is 0.985. The third-order valence-electron chi connectivity index (χ3n) is 6.85. The molecule has 1 saturated carbocycles. The molecule has 3 heterocycles. The molecule has 4 rings (SSSR count). The van der Waals surface area contributed by atoms with Crippen LogP contribution in [0.2, 0.25) is 0 Å². The lowest BCUT2D eigenvalue weighted by molar-refractivity contribution is -0.122. The molecule has 1 atom stereocenters. The van der Waals surface area contributed by atoms with Gasteiger partial charge in [0.1, 0.15) is 11.6 Å². The van der Waals surface area contributed by atoms with Gasteiger partial charge >= 0.3 is 0 Å². The minimum atomic E-state index is 0.207. The van der Waals surface area contributed by atoms with Crippen LogP contribution in [0.25, 0.3) is 0 Å². The van der Waals surface area contributed by atoms with Gasteiger partial charge in [-0.2, -0.15) is 0 Å². The van der Waals surface area contributed by atoms with E-state index in [1.165, 1.54) is 38.5 Å². The van der Waals surface area contributed by atoms with E-state index in [2.05, 4.69) is 30.8 Å². The Balaban J connectivity index is 1.39. The van der Waals surface area contributed by atoms with E-state index in [-0.39, 0.29) is 11.9 Å². The molecule has 0 aromatic carbocycles. The zero-order valence-corrected chi connectivity index (χ0v) is 19.5. The first-order valence-electron chi connectivity index (χ1n) is 12.5. The van der Waals surface area contributed by atoms with Gasteiger partial charge in [-0.15, -0.1) is 0 Å². The van der Waals surface area contributed by atoms with E-state index in [4.69, 9.17) is 4.98 Å². The van der Waals surface area contributed by atoms with Gasteiger partial charge in [-0.25, -0.2) is 15.0 Å². The Morgan fingerprint density at radius 3 is 2.62 bits per heavy atom. The summed E-state index contributed by atoms with van der Waals surface area (Å²) in [6, 6.07) is 2.65. The summed E-state index contributed by atoms with van der Waals surface area (Å²) in [7, 11) is 0. The number of aryl methyl sites for hydroxylation is 3. The number of amides is 1. The number of nitrogens with zero attached hydrogens (tertiary/aromatic N) is 5. The number of hydrogen-bond acceptors (Lipinski definition) is 5. The van der Waals surface area contributed by atoms with Crippen molar-refractivity contribution in [3.05, 3.63) is 36.3 Å². The average Bonchev–Trinajstić information content (AvgIpc) is 3.28. The summed E-state index contributed by atoms with van der Waals surface area (Å²) >= 11 is 0. The van der Waals surface area contributed by atoms with Gasteiger partial charge in [-0.1, -0.05) is 32.1 Å². The van der Waals surface area contributed by atoms with Crippen molar-refractivity contribution < 1.29 is 4.79 Å². The Hall–Kier alpha value is -2.44. The van der Waals surface area contributed by atoms with Crippen molar-refractivity contribution in [2.45, 2.75) is 103 Å². The highest BCUT2D eigenvalue weighted by atomic mass is 16.1. The number of aromatic nitrogens is 4. The second-order valence-electron chi connectivity index (χ2n) is 9.49. The lowest BCUT2D eigenvalue weighted by Crippen LogP contribution is -2.45. The smallest absolute Gasteiger partial charge is 0.222 e. The molecular formula is C25H38N6O. The Morgan fingerprint density at radius 1 is 1.06 bits per heavy atom. The molecular weight excluding hydrogens is 400 g/mol. The van der Waals surface area contributed by atoms with Crippen molar-refractivity contribution in [1.82, 2.24) is 24.8 Å². The van der Waals surface area contributed by atoms with Crippen LogP contribution in [0.1, 0.15) is 82.1 Å². The second-order valence-corrected chi connectivity index (χ2v) is 9.49. The molecule has 1 amide bonds. The Labute approximate surface area is 192 Å². The maximum Gasteiger partial charge on any atom is 0.222 e. The topological polar surface area (TPSA) is 75.9 Å². The molecule has 1 N–H and O–H groups in total. The van der Waals surface area contributed by atoms with Gasteiger partial charge in [-0.3, -0.25) is 4.79 Å². The van der Waals surface area contributed by atoms with E-state index >= 15 is 0 Å². The fourth-order valence-corrected chi connectivity index (χ4v) is 5.13. The predicted octanol–water partition coefficient (Wildman–Crippen LogP) is 4.20. The second kappa shape index (κ2) is 11.4. The summed E-state index contributed by atoms with van der Waals surface area (Å²) in [6.45, 7) is 3.81. The first-order valence-corrected chi connectivity index (χ1v) is 12.5. The molecule has 7 heteroatoms. The molecule has 174 valence electrons. The third-order valence-corrected chi connectivity index (χ3v) is 6.85. The van der Waals surface area contributed by atoms with Crippen LogP contribution in [-0.2, 0) is 17.8 Å². The van der Waals surface area contributed by atoms with Crippen LogP contribution in [0, 0.1) is 6.92 Å². The minimum Gasteiger partial charge on any atom is -0.353 e. The van der Waals surface area contributed by atoms with Crippen LogP contribution in [0.15, 0.2) is 24.8 Å². The summed E-state index contributed by atoms with van der Waals surface area (Å²) in [6.07, 6.45) is 19.0. The van der Waals surface area contributed by atoms with Crippen LogP contribution in [0.3, 0.4) is 0 Å². The van der Waals surface area contributed by atoms with Gasteiger partial charge in [0.2, 0.25) is 5.91 Å². The monoisotopic (exact) mass is 438 g/mol. The zero-order chi connectivity index (χ0) is 22.2. The number of nitrogens with one attached hydrogen (secondary N) is 1. The van der Waals surface area contributed by atoms with Crippen LogP contribution in [-0.4, -0.2) is 44.1 Å². The van der Waals surface area contributed by atoms with E-state index in [9.17, 15) is 4.79 Å². The van der Waals surface area contributed by atoms with Crippen molar-refractivity contribution in [1.29, 1.82) is 0 Å². The first kappa shape index (κ1) is 22.7. The van der Waals surface area contributed by atoms with Gasteiger partial charge in [-0.05, 0) is 39.0 Å². The summed E-state index contributed by atoms with van der Waals surface area (Å²) < 4.78 is 2.05. The van der Waals surface area contributed by atoms with Crippen molar-refractivity contribution in [2.75, 3.05) is 11.4 Å². The third kappa shape index (κ3) is 6.53. The molecule has 2 aromatic heterocycles. The first-order chi connectivity index (χ1) is 15.7.